The summed E-state index contributed by atoms with van der Waals surface area (Å²) in [6, 6.07) is -1.18. The molecule has 138 valence electrons. The lowest BCUT2D eigenvalue weighted by atomic mass is 10.1. The second kappa shape index (κ2) is 8.13. The van der Waals surface area contributed by atoms with Crippen molar-refractivity contribution in [3.05, 3.63) is 18.0 Å². The Morgan fingerprint density at radius 3 is 2.68 bits per heavy atom. The SMILES string of the molecule is CCCN1C(=O)N[C@@H](CC(=O)N(Cc2cnn(C)c2)CC(C)C)C1=O. The molecule has 2 rings (SSSR count). The number of aromatic nitrogens is 2. The predicted molar refractivity (Wildman–Crippen MR) is 92.4 cm³/mol. The first-order valence-electron chi connectivity index (χ1n) is 8.69. The van der Waals surface area contributed by atoms with Gasteiger partial charge in [-0.15, -0.1) is 0 Å². The van der Waals surface area contributed by atoms with E-state index in [1.165, 1.54) is 4.90 Å². The molecule has 1 aromatic rings. The number of imide groups is 1. The maximum absolute atomic E-state index is 12.7. The Kier molecular flexibility index (Phi) is 6.17. The van der Waals surface area contributed by atoms with E-state index >= 15 is 0 Å². The summed E-state index contributed by atoms with van der Waals surface area (Å²) in [6.45, 7) is 7.38. The Balaban J connectivity index is 2.04. The van der Waals surface area contributed by atoms with Crippen LogP contribution in [0.15, 0.2) is 12.4 Å². The summed E-state index contributed by atoms with van der Waals surface area (Å²) in [5, 5.41) is 6.74. The van der Waals surface area contributed by atoms with E-state index in [0.29, 0.717) is 32.0 Å². The molecule has 0 aromatic carbocycles. The lowest BCUT2D eigenvalue weighted by molar-refractivity contribution is -0.136. The van der Waals surface area contributed by atoms with Gasteiger partial charge in [-0.1, -0.05) is 20.8 Å². The molecular formula is C17H27N5O3. The van der Waals surface area contributed by atoms with Gasteiger partial charge in [-0.05, 0) is 12.3 Å². The molecule has 1 aromatic heterocycles. The minimum atomic E-state index is -0.768. The summed E-state index contributed by atoms with van der Waals surface area (Å²) >= 11 is 0. The number of carbonyl (C=O) groups excluding carboxylic acids is 3. The minimum Gasteiger partial charge on any atom is -0.338 e. The standard InChI is InChI=1S/C17H27N5O3/c1-5-6-22-16(24)14(19-17(22)25)7-15(23)21(9-12(2)3)11-13-8-18-20(4)10-13/h8,10,12,14H,5-7,9,11H2,1-4H3,(H,19,25)/t14-/m0/s1. The van der Waals surface area contributed by atoms with Gasteiger partial charge in [-0.2, -0.15) is 5.10 Å². The molecule has 25 heavy (non-hydrogen) atoms. The van der Waals surface area contributed by atoms with Gasteiger partial charge in [0.15, 0.2) is 0 Å². The highest BCUT2D eigenvalue weighted by atomic mass is 16.2. The van der Waals surface area contributed by atoms with Crippen LogP contribution in [0.25, 0.3) is 0 Å². The van der Waals surface area contributed by atoms with Crippen molar-refractivity contribution >= 4 is 17.8 Å². The molecule has 0 spiro atoms. The van der Waals surface area contributed by atoms with E-state index in [-0.39, 0.29) is 18.2 Å². The zero-order chi connectivity index (χ0) is 18.6. The van der Waals surface area contributed by atoms with Crippen molar-refractivity contribution in [3.8, 4) is 0 Å². The van der Waals surface area contributed by atoms with Crippen LogP contribution in [0.3, 0.4) is 0 Å². The van der Waals surface area contributed by atoms with E-state index in [1.54, 1.807) is 15.8 Å². The first kappa shape index (κ1) is 19.0. The second-order valence-corrected chi connectivity index (χ2v) is 6.89. The number of urea groups is 1. The van der Waals surface area contributed by atoms with Crippen LogP contribution in [0.1, 0.15) is 39.2 Å². The lowest BCUT2D eigenvalue weighted by Gasteiger charge is -2.25. The Labute approximate surface area is 148 Å². The number of nitrogens with one attached hydrogen (secondary N) is 1. The van der Waals surface area contributed by atoms with Gasteiger partial charge in [0.05, 0.1) is 12.6 Å². The third-order valence-corrected chi connectivity index (χ3v) is 4.00. The zero-order valence-corrected chi connectivity index (χ0v) is 15.4. The van der Waals surface area contributed by atoms with Crippen molar-refractivity contribution in [1.82, 2.24) is 24.9 Å². The van der Waals surface area contributed by atoms with Crippen LogP contribution in [0.4, 0.5) is 4.79 Å². The fraction of sp³-hybridized carbons (Fsp3) is 0.647. The summed E-state index contributed by atoms with van der Waals surface area (Å²) in [5.74, 6) is -0.160. The molecule has 1 aliphatic rings. The third-order valence-electron chi connectivity index (χ3n) is 4.00. The quantitative estimate of drug-likeness (QED) is 0.713. The Bertz CT molecular complexity index is 640. The monoisotopic (exact) mass is 349 g/mol. The lowest BCUT2D eigenvalue weighted by Crippen LogP contribution is -2.40. The van der Waals surface area contributed by atoms with Crippen LogP contribution < -0.4 is 5.32 Å². The minimum absolute atomic E-state index is 0.0161. The molecule has 0 saturated carbocycles. The van der Waals surface area contributed by atoms with Gasteiger partial charge in [-0.25, -0.2) is 4.79 Å². The van der Waals surface area contributed by atoms with Gasteiger partial charge < -0.3 is 10.2 Å². The van der Waals surface area contributed by atoms with E-state index in [0.717, 1.165) is 5.56 Å². The molecule has 8 nitrogen and oxygen atoms in total. The molecule has 0 unspecified atom stereocenters. The van der Waals surface area contributed by atoms with Crippen LogP contribution in [0, 0.1) is 5.92 Å². The molecule has 1 fully saturated rings. The first-order chi connectivity index (χ1) is 11.8. The van der Waals surface area contributed by atoms with Crippen LogP contribution in [-0.4, -0.2) is 56.6 Å². The molecule has 1 atom stereocenters. The summed E-state index contributed by atoms with van der Waals surface area (Å²) in [5.41, 5.74) is 0.936. The summed E-state index contributed by atoms with van der Waals surface area (Å²) in [6.07, 6.45) is 4.27. The fourth-order valence-electron chi connectivity index (χ4n) is 2.92. The second-order valence-electron chi connectivity index (χ2n) is 6.89. The highest BCUT2D eigenvalue weighted by Crippen LogP contribution is 2.14. The highest BCUT2D eigenvalue weighted by Gasteiger charge is 2.39. The van der Waals surface area contributed by atoms with E-state index in [2.05, 4.69) is 10.4 Å². The number of hydrogen-bond acceptors (Lipinski definition) is 4. The number of carbonyl (C=O) groups is 3. The van der Waals surface area contributed by atoms with Gasteiger partial charge in [0.25, 0.3) is 5.91 Å². The van der Waals surface area contributed by atoms with Crippen molar-refractivity contribution < 1.29 is 14.4 Å². The van der Waals surface area contributed by atoms with E-state index in [9.17, 15) is 14.4 Å². The fourth-order valence-corrected chi connectivity index (χ4v) is 2.92. The van der Waals surface area contributed by atoms with E-state index in [4.69, 9.17) is 0 Å². The first-order valence-corrected chi connectivity index (χ1v) is 8.69. The van der Waals surface area contributed by atoms with Gasteiger partial charge in [0.2, 0.25) is 5.91 Å². The van der Waals surface area contributed by atoms with Crippen LogP contribution >= 0.6 is 0 Å². The predicted octanol–water partition coefficient (Wildman–Crippen LogP) is 1.13. The maximum Gasteiger partial charge on any atom is 0.324 e. The molecule has 0 radical (unpaired) electrons. The third kappa shape index (κ3) is 4.80. The summed E-state index contributed by atoms with van der Waals surface area (Å²) in [4.78, 5) is 39.8. The maximum atomic E-state index is 12.7. The smallest absolute Gasteiger partial charge is 0.324 e. The van der Waals surface area contributed by atoms with Crippen molar-refractivity contribution in [1.29, 1.82) is 0 Å². The Morgan fingerprint density at radius 2 is 2.12 bits per heavy atom. The van der Waals surface area contributed by atoms with Crippen LogP contribution in [-0.2, 0) is 23.2 Å². The number of hydrogen-bond donors (Lipinski definition) is 1. The summed E-state index contributed by atoms with van der Waals surface area (Å²) < 4.78 is 1.69. The Morgan fingerprint density at radius 1 is 1.40 bits per heavy atom. The van der Waals surface area contributed by atoms with Gasteiger partial charge in [0.1, 0.15) is 6.04 Å². The van der Waals surface area contributed by atoms with E-state index < -0.39 is 12.1 Å². The Hall–Kier alpha value is -2.38. The van der Waals surface area contributed by atoms with Gasteiger partial charge >= 0.3 is 6.03 Å². The number of aryl methyl sites for hydroxylation is 1. The molecule has 0 bridgehead atoms. The highest BCUT2D eigenvalue weighted by molar-refractivity contribution is 6.05. The number of amides is 4. The molecule has 0 aliphatic carbocycles. The topological polar surface area (TPSA) is 87.5 Å². The molecular weight excluding hydrogens is 322 g/mol. The average molecular weight is 349 g/mol. The zero-order valence-electron chi connectivity index (χ0n) is 15.4. The van der Waals surface area contributed by atoms with Crippen LogP contribution in [0.2, 0.25) is 0 Å². The molecule has 1 saturated heterocycles. The molecule has 8 heteroatoms. The number of rotatable bonds is 8. The van der Waals surface area contributed by atoms with Crippen molar-refractivity contribution in [2.75, 3.05) is 13.1 Å². The van der Waals surface area contributed by atoms with Crippen molar-refractivity contribution in [2.24, 2.45) is 13.0 Å². The van der Waals surface area contributed by atoms with Gasteiger partial charge in [0, 0.05) is 38.4 Å². The largest absolute Gasteiger partial charge is 0.338 e. The van der Waals surface area contributed by atoms with Crippen molar-refractivity contribution in [2.45, 2.75) is 46.2 Å². The normalized spacial score (nSPS) is 17.3. The average Bonchev–Trinajstić information content (AvgIpc) is 3.05. The molecule has 1 N–H and O–H groups in total. The van der Waals surface area contributed by atoms with Crippen LogP contribution in [0.5, 0.6) is 0 Å². The van der Waals surface area contributed by atoms with Crippen molar-refractivity contribution in [3.63, 3.8) is 0 Å². The molecule has 4 amide bonds. The van der Waals surface area contributed by atoms with Gasteiger partial charge in [-0.3, -0.25) is 19.2 Å². The molecule has 1 aliphatic heterocycles. The summed E-state index contributed by atoms with van der Waals surface area (Å²) in [7, 11) is 1.83. The molecule has 2 heterocycles. The van der Waals surface area contributed by atoms with E-state index in [1.807, 2.05) is 34.0 Å². The number of nitrogens with zero attached hydrogens (tertiary/aromatic N) is 4.